The summed E-state index contributed by atoms with van der Waals surface area (Å²) in [6.07, 6.45) is 7.31. The van der Waals surface area contributed by atoms with E-state index in [1.165, 1.54) is 19.3 Å². The topological polar surface area (TPSA) is 47.1 Å². The third kappa shape index (κ3) is 5.80. The van der Waals surface area contributed by atoms with Gasteiger partial charge in [-0.3, -0.25) is 19.4 Å². The van der Waals surface area contributed by atoms with Crippen LogP contribution in [0.2, 0.25) is 10.0 Å². The quantitative estimate of drug-likeness (QED) is 0.628. The second-order valence-corrected chi connectivity index (χ2v) is 9.42. The van der Waals surface area contributed by atoms with Gasteiger partial charge >= 0.3 is 0 Å². The molecule has 0 spiro atoms. The van der Waals surface area contributed by atoms with Gasteiger partial charge in [0.05, 0.1) is 16.6 Å². The van der Waals surface area contributed by atoms with Gasteiger partial charge in [0.1, 0.15) is 0 Å². The summed E-state index contributed by atoms with van der Waals surface area (Å²) >= 11 is 11.9. The summed E-state index contributed by atoms with van der Waals surface area (Å²) in [5, 5.41) is 0.968. The van der Waals surface area contributed by atoms with Crippen LogP contribution in [0.3, 0.4) is 0 Å². The molecule has 2 aliphatic heterocycles. The number of halogens is 2. The summed E-state index contributed by atoms with van der Waals surface area (Å²) < 4.78 is 0. The lowest BCUT2D eigenvalue weighted by molar-refractivity contribution is -0.135. The number of amides is 2. The molecule has 2 amide bonds. The van der Waals surface area contributed by atoms with E-state index in [9.17, 15) is 9.59 Å². The molecule has 31 heavy (non-hydrogen) atoms. The molecule has 1 saturated carbocycles. The fourth-order valence-electron chi connectivity index (χ4n) is 4.39. The number of piperazine rings is 2. The highest BCUT2D eigenvalue weighted by Gasteiger charge is 2.30. The van der Waals surface area contributed by atoms with Crippen LogP contribution < -0.4 is 0 Å². The molecule has 3 aliphatic rings. The number of carbonyl (C=O) groups is 2. The van der Waals surface area contributed by atoms with E-state index >= 15 is 0 Å². The number of rotatable bonds is 5. The summed E-state index contributed by atoms with van der Waals surface area (Å²) in [5.41, 5.74) is 0.837. The van der Waals surface area contributed by atoms with Crippen LogP contribution in [-0.4, -0.2) is 96.4 Å². The van der Waals surface area contributed by atoms with Crippen LogP contribution in [0.4, 0.5) is 0 Å². The highest BCUT2D eigenvalue weighted by atomic mass is 35.5. The standard InChI is InChI=1S/C23H30Cl2N4O2/c24-20-6-4-18(16-21(20)25)5-7-22(30)28-10-8-26(9-11-28)17-23(31)29-14-12-27(13-15-29)19-2-1-3-19/h4-7,16,19H,1-3,8-15,17H2/b7-5+. The lowest BCUT2D eigenvalue weighted by Crippen LogP contribution is -2.56. The molecule has 168 valence electrons. The zero-order valence-electron chi connectivity index (χ0n) is 17.8. The van der Waals surface area contributed by atoms with E-state index in [4.69, 9.17) is 23.2 Å². The van der Waals surface area contributed by atoms with Gasteiger partial charge in [-0.2, -0.15) is 0 Å². The van der Waals surface area contributed by atoms with E-state index in [1.54, 1.807) is 24.3 Å². The molecule has 0 N–H and O–H groups in total. The minimum absolute atomic E-state index is 0.0239. The minimum Gasteiger partial charge on any atom is -0.339 e. The molecule has 1 aliphatic carbocycles. The van der Waals surface area contributed by atoms with E-state index < -0.39 is 0 Å². The van der Waals surface area contributed by atoms with E-state index in [-0.39, 0.29) is 11.8 Å². The fourth-order valence-corrected chi connectivity index (χ4v) is 4.70. The Hall–Kier alpha value is -1.60. The van der Waals surface area contributed by atoms with Crippen molar-refractivity contribution < 1.29 is 9.59 Å². The zero-order chi connectivity index (χ0) is 21.8. The Labute approximate surface area is 194 Å². The van der Waals surface area contributed by atoms with Crippen molar-refractivity contribution in [2.75, 3.05) is 58.9 Å². The molecule has 6 nitrogen and oxygen atoms in total. The molecule has 0 bridgehead atoms. The summed E-state index contributed by atoms with van der Waals surface area (Å²) in [6, 6.07) is 6.04. The Morgan fingerprint density at radius 2 is 1.58 bits per heavy atom. The Balaban J connectivity index is 1.18. The van der Waals surface area contributed by atoms with Crippen LogP contribution in [0.1, 0.15) is 24.8 Å². The van der Waals surface area contributed by atoms with E-state index in [1.807, 2.05) is 15.9 Å². The summed E-state index contributed by atoms with van der Waals surface area (Å²) in [5.74, 6) is 0.191. The molecule has 3 fully saturated rings. The van der Waals surface area contributed by atoms with E-state index in [0.717, 1.165) is 50.9 Å². The SMILES string of the molecule is O=C(/C=C/c1ccc(Cl)c(Cl)c1)N1CCN(CC(=O)N2CCN(C3CCC3)CC2)CC1. The maximum Gasteiger partial charge on any atom is 0.246 e. The van der Waals surface area contributed by atoms with Gasteiger partial charge in [0, 0.05) is 64.5 Å². The first-order valence-electron chi connectivity index (χ1n) is 11.2. The van der Waals surface area contributed by atoms with Crippen LogP contribution in [-0.2, 0) is 9.59 Å². The van der Waals surface area contributed by atoms with Crippen molar-refractivity contribution in [2.45, 2.75) is 25.3 Å². The highest BCUT2D eigenvalue weighted by molar-refractivity contribution is 6.42. The molecular formula is C23H30Cl2N4O2. The molecule has 8 heteroatoms. The zero-order valence-corrected chi connectivity index (χ0v) is 19.3. The smallest absolute Gasteiger partial charge is 0.246 e. The predicted octanol–water partition coefficient (Wildman–Crippen LogP) is 2.85. The minimum atomic E-state index is -0.0239. The molecule has 0 radical (unpaired) electrons. The number of hydrogen-bond donors (Lipinski definition) is 0. The highest BCUT2D eigenvalue weighted by Crippen LogP contribution is 2.25. The third-order valence-corrected chi connectivity index (χ3v) is 7.40. The van der Waals surface area contributed by atoms with Crippen molar-refractivity contribution in [1.29, 1.82) is 0 Å². The first kappa shape index (κ1) is 22.6. The molecule has 2 heterocycles. The molecular weight excluding hydrogens is 435 g/mol. The van der Waals surface area contributed by atoms with Gasteiger partial charge in [0.25, 0.3) is 0 Å². The van der Waals surface area contributed by atoms with Crippen LogP contribution in [0.15, 0.2) is 24.3 Å². The van der Waals surface area contributed by atoms with Gasteiger partial charge < -0.3 is 9.80 Å². The van der Waals surface area contributed by atoms with Crippen molar-refractivity contribution in [2.24, 2.45) is 0 Å². The third-order valence-electron chi connectivity index (χ3n) is 6.66. The van der Waals surface area contributed by atoms with Crippen LogP contribution >= 0.6 is 23.2 Å². The van der Waals surface area contributed by atoms with Gasteiger partial charge in [-0.1, -0.05) is 35.7 Å². The van der Waals surface area contributed by atoms with Crippen molar-refractivity contribution >= 4 is 41.1 Å². The van der Waals surface area contributed by atoms with Crippen LogP contribution in [0.5, 0.6) is 0 Å². The van der Waals surface area contributed by atoms with Gasteiger partial charge in [0.15, 0.2) is 0 Å². The number of benzene rings is 1. The summed E-state index contributed by atoms with van der Waals surface area (Å²) in [4.78, 5) is 33.7. The molecule has 0 unspecified atom stereocenters. The average Bonchev–Trinajstić information content (AvgIpc) is 2.74. The van der Waals surface area contributed by atoms with Gasteiger partial charge in [-0.15, -0.1) is 0 Å². The molecule has 1 aromatic carbocycles. The van der Waals surface area contributed by atoms with Crippen LogP contribution in [0.25, 0.3) is 6.08 Å². The summed E-state index contributed by atoms with van der Waals surface area (Å²) in [6.45, 7) is 6.85. The largest absolute Gasteiger partial charge is 0.339 e. The molecule has 0 atom stereocenters. The first-order valence-corrected chi connectivity index (χ1v) is 11.9. The second-order valence-electron chi connectivity index (χ2n) is 8.61. The molecule has 0 aromatic heterocycles. The average molecular weight is 465 g/mol. The maximum absolute atomic E-state index is 12.7. The van der Waals surface area contributed by atoms with Crippen molar-refractivity contribution in [3.8, 4) is 0 Å². The molecule has 4 rings (SSSR count). The van der Waals surface area contributed by atoms with Crippen molar-refractivity contribution in [1.82, 2.24) is 19.6 Å². The Kier molecular flexibility index (Phi) is 7.54. The van der Waals surface area contributed by atoms with Crippen molar-refractivity contribution in [3.05, 3.63) is 39.9 Å². The molecule has 1 aromatic rings. The normalized spacial score (nSPS) is 21.5. The Bertz CT molecular complexity index is 827. The molecule has 2 saturated heterocycles. The van der Waals surface area contributed by atoms with Gasteiger partial charge in [-0.25, -0.2) is 0 Å². The first-order chi connectivity index (χ1) is 15.0. The number of hydrogen-bond acceptors (Lipinski definition) is 4. The Morgan fingerprint density at radius 1 is 0.903 bits per heavy atom. The summed E-state index contributed by atoms with van der Waals surface area (Å²) in [7, 11) is 0. The monoisotopic (exact) mass is 464 g/mol. The second kappa shape index (κ2) is 10.3. The van der Waals surface area contributed by atoms with E-state index in [2.05, 4.69) is 9.80 Å². The van der Waals surface area contributed by atoms with Crippen LogP contribution in [0, 0.1) is 0 Å². The predicted molar refractivity (Wildman–Crippen MR) is 124 cm³/mol. The Morgan fingerprint density at radius 3 is 2.19 bits per heavy atom. The number of carbonyl (C=O) groups excluding carboxylic acids is 2. The van der Waals surface area contributed by atoms with E-state index in [0.29, 0.717) is 29.7 Å². The van der Waals surface area contributed by atoms with Crippen molar-refractivity contribution in [3.63, 3.8) is 0 Å². The fraction of sp³-hybridized carbons (Fsp3) is 0.565. The lowest BCUT2D eigenvalue weighted by Gasteiger charge is -2.43. The number of nitrogens with zero attached hydrogens (tertiary/aromatic N) is 4. The van der Waals surface area contributed by atoms with Gasteiger partial charge in [-0.05, 0) is 36.6 Å². The maximum atomic E-state index is 12.7. The van der Waals surface area contributed by atoms with Gasteiger partial charge in [0.2, 0.25) is 11.8 Å². The lowest BCUT2D eigenvalue weighted by atomic mass is 9.91.